The second-order valence-electron chi connectivity index (χ2n) is 4.00. The van der Waals surface area contributed by atoms with Crippen LogP contribution in [0.25, 0.3) is 11.1 Å². The third kappa shape index (κ3) is 1.53. The molecule has 0 aliphatic carbocycles. The summed E-state index contributed by atoms with van der Waals surface area (Å²) in [5.41, 5.74) is 2.01. The molecule has 2 aromatic carbocycles. The summed E-state index contributed by atoms with van der Waals surface area (Å²) in [6.45, 7) is 0. The third-order valence-electron chi connectivity index (χ3n) is 2.93. The molecule has 0 fully saturated rings. The molecular formula is C13H9NO4. The Morgan fingerprint density at radius 2 is 1.94 bits per heavy atom. The molecule has 1 aliphatic heterocycles. The lowest BCUT2D eigenvalue weighted by atomic mass is 9.96. The minimum atomic E-state index is -1.03. The zero-order valence-electron chi connectivity index (χ0n) is 9.24. The Kier molecular flexibility index (Phi) is 2.28. The van der Waals surface area contributed by atoms with Gasteiger partial charge in [0.25, 0.3) is 5.69 Å². The number of nitrogens with zero attached hydrogens (tertiary/aromatic N) is 1. The monoisotopic (exact) mass is 243 g/mol. The van der Waals surface area contributed by atoms with Crippen molar-refractivity contribution in [1.29, 1.82) is 0 Å². The van der Waals surface area contributed by atoms with Crippen LogP contribution in [-0.2, 0) is 0 Å². The summed E-state index contributed by atoms with van der Waals surface area (Å²) in [7, 11) is 0. The second-order valence-corrected chi connectivity index (χ2v) is 4.00. The van der Waals surface area contributed by atoms with Crippen LogP contribution in [0, 0.1) is 10.1 Å². The number of nitro groups is 1. The van der Waals surface area contributed by atoms with Crippen LogP contribution in [0.3, 0.4) is 0 Å². The predicted molar refractivity (Wildman–Crippen MR) is 64.1 cm³/mol. The van der Waals surface area contributed by atoms with Crippen molar-refractivity contribution >= 4 is 5.69 Å². The van der Waals surface area contributed by atoms with E-state index in [1.54, 1.807) is 12.1 Å². The molecular weight excluding hydrogens is 234 g/mol. The Balaban J connectivity index is 2.24. The molecule has 1 heterocycles. The van der Waals surface area contributed by atoms with Crippen molar-refractivity contribution in [2.24, 2.45) is 0 Å². The second kappa shape index (κ2) is 3.82. The number of aliphatic hydroxyl groups is 1. The van der Waals surface area contributed by atoms with Crippen molar-refractivity contribution < 1.29 is 14.8 Å². The van der Waals surface area contributed by atoms with E-state index in [1.165, 1.54) is 18.2 Å². The summed E-state index contributed by atoms with van der Waals surface area (Å²) in [5, 5.41) is 20.6. The number of benzene rings is 2. The molecule has 5 heteroatoms. The molecule has 5 nitrogen and oxygen atoms in total. The summed E-state index contributed by atoms with van der Waals surface area (Å²) in [4.78, 5) is 10.3. The molecule has 18 heavy (non-hydrogen) atoms. The Morgan fingerprint density at radius 3 is 2.72 bits per heavy atom. The lowest BCUT2D eigenvalue weighted by Crippen LogP contribution is -2.13. The van der Waals surface area contributed by atoms with Gasteiger partial charge in [0.2, 0.25) is 6.29 Å². The van der Waals surface area contributed by atoms with Gasteiger partial charge in [-0.25, -0.2) is 0 Å². The lowest BCUT2D eigenvalue weighted by Gasteiger charge is -2.24. The van der Waals surface area contributed by atoms with Gasteiger partial charge in [-0.3, -0.25) is 10.1 Å². The summed E-state index contributed by atoms with van der Waals surface area (Å²) in [6.07, 6.45) is -1.03. The highest BCUT2D eigenvalue weighted by Gasteiger charge is 2.25. The highest BCUT2D eigenvalue weighted by atomic mass is 16.6. The smallest absolute Gasteiger partial charge is 0.270 e. The number of fused-ring (bicyclic) bond motifs is 3. The van der Waals surface area contributed by atoms with Crippen LogP contribution in [0.2, 0.25) is 0 Å². The molecule has 1 N–H and O–H groups in total. The van der Waals surface area contributed by atoms with E-state index < -0.39 is 11.2 Å². The van der Waals surface area contributed by atoms with Crippen LogP contribution in [0.1, 0.15) is 11.9 Å². The Hall–Kier alpha value is -2.40. The molecule has 1 aliphatic rings. The number of hydrogen-bond donors (Lipinski definition) is 1. The first-order valence-corrected chi connectivity index (χ1v) is 5.39. The Morgan fingerprint density at radius 1 is 1.17 bits per heavy atom. The Labute approximate surface area is 102 Å². The zero-order chi connectivity index (χ0) is 12.7. The summed E-state index contributed by atoms with van der Waals surface area (Å²) >= 11 is 0. The largest absolute Gasteiger partial charge is 0.460 e. The fourth-order valence-corrected chi connectivity index (χ4v) is 2.09. The first-order valence-electron chi connectivity index (χ1n) is 5.39. The van der Waals surface area contributed by atoms with E-state index in [1.807, 2.05) is 12.1 Å². The van der Waals surface area contributed by atoms with E-state index in [2.05, 4.69) is 0 Å². The Bertz CT molecular complexity index is 639. The standard InChI is InChI=1S/C13H9NO4/c15-13-10-4-2-1-3-9(10)11-7-8(14(16)17)5-6-12(11)18-13/h1-7,13,15H. The van der Waals surface area contributed by atoms with Crippen molar-refractivity contribution in [1.82, 2.24) is 0 Å². The maximum atomic E-state index is 10.8. The van der Waals surface area contributed by atoms with E-state index in [-0.39, 0.29) is 5.69 Å². The van der Waals surface area contributed by atoms with Gasteiger partial charge < -0.3 is 9.84 Å². The van der Waals surface area contributed by atoms with E-state index in [9.17, 15) is 15.2 Å². The fourth-order valence-electron chi connectivity index (χ4n) is 2.09. The number of rotatable bonds is 1. The van der Waals surface area contributed by atoms with Crippen LogP contribution in [0.5, 0.6) is 5.75 Å². The minimum Gasteiger partial charge on any atom is -0.460 e. The molecule has 0 aromatic heterocycles. The van der Waals surface area contributed by atoms with E-state index in [0.717, 1.165) is 5.56 Å². The molecule has 3 rings (SSSR count). The number of ether oxygens (including phenoxy) is 1. The lowest BCUT2D eigenvalue weighted by molar-refractivity contribution is -0.384. The average Bonchev–Trinajstić information content (AvgIpc) is 2.38. The van der Waals surface area contributed by atoms with Gasteiger partial charge in [-0.1, -0.05) is 24.3 Å². The summed E-state index contributed by atoms with van der Waals surface area (Å²) < 4.78 is 5.33. The van der Waals surface area contributed by atoms with Crippen molar-refractivity contribution in [2.45, 2.75) is 6.29 Å². The first-order chi connectivity index (χ1) is 8.66. The third-order valence-corrected chi connectivity index (χ3v) is 2.93. The van der Waals surface area contributed by atoms with Gasteiger partial charge in [0.15, 0.2) is 0 Å². The molecule has 90 valence electrons. The molecule has 2 aromatic rings. The van der Waals surface area contributed by atoms with Gasteiger partial charge in [0, 0.05) is 23.3 Å². The van der Waals surface area contributed by atoms with Crippen molar-refractivity contribution in [3.8, 4) is 16.9 Å². The SMILES string of the molecule is O=[N+]([O-])c1ccc2c(c1)-c1ccccc1C(O)O2. The van der Waals surface area contributed by atoms with E-state index in [0.29, 0.717) is 16.9 Å². The fraction of sp³-hybridized carbons (Fsp3) is 0.0769. The molecule has 0 bridgehead atoms. The first kappa shape index (κ1) is 10.7. The van der Waals surface area contributed by atoms with Crippen LogP contribution in [0.15, 0.2) is 42.5 Å². The topological polar surface area (TPSA) is 72.6 Å². The van der Waals surface area contributed by atoms with Gasteiger partial charge in [-0.2, -0.15) is 0 Å². The highest BCUT2D eigenvalue weighted by Crippen LogP contribution is 2.42. The van der Waals surface area contributed by atoms with Crippen LogP contribution in [-0.4, -0.2) is 10.0 Å². The number of hydrogen-bond acceptors (Lipinski definition) is 4. The van der Waals surface area contributed by atoms with Gasteiger partial charge in [0.05, 0.1) is 4.92 Å². The van der Waals surface area contributed by atoms with Gasteiger partial charge in [-0.05, 0) is 11.6 Å². The maximum absolute atomic E-state index is 10.8. The van der Waals surface area contributed by atoms with Gasteiger partial charge >= 0.3 is 0 Å². The van der Waals surface area contributed by atoms with Crippen molar-refractivity contribution in [2.75, 3.05) is 0 Å². The van der Waals surface area contributed by atoms with Crippen molar-refractivity contribution in [3.63, 3.8) is 0 Å². The van der Waals surface area contributed by atoms with Crippen LogP contribution in [0.4, 0.5) is 5.69 Å². The molecule has 0 spiro atoms. The zero-order valence-corrected chi connectivity index (χ0v) is 9.24. The van der Waals surface area contributed by atoms with Crippen LogP contribution >= 0.6 is 0 Å². The van der Waals surface area contributed by atoms with Gasteiger partial charge in [0.1, 0.15) is 5.75 Å². The van der Waals surface area contributed by atoms with Gasteiger partial charge in [-0.15, -0.1) is 0 Å². The highest BCUT2D eigenvalue weighted by molar-refractivity contribution is 5.77. The van der Waals surface area contributed by atoms with Crippen LogP contribution < -0.4 is 4.74 Å². The predicted octanol–water partition coefficient (Wildman–Crippen LogP) is 2.65. The molecule has 0 saturated heterocycles. The number of aliphatic hydroxyl groups excluding tert-OH is 1. The normalized spacial score (nSPS) is 16.4. The summed E-state index contributed by atoms with van der Waals surface area (Å²) in [6, 6.07) is 11.5. The van der Waals surface area contributed by atoms with Crippen molar-refractivity contribution in [3.05, 3.63) is 58.1 Å². The number of nitro benzene ring substituents is 1. The molecule has 1 atom stereocenters. The van der Waals surface area contributed by atoms with E-state index >= 15 is 0 Å². The summed E-state index contributed by atoms with van der Waals surface area (Å²) in [5.74, 6) is 0.451. The molecule has 1 unspecified atom stereocenters. The quantitative estimate of drug-likeness (QED) is 0.617. The molecule has 0 radical (unpaired) electrons. The molecule has 0 amide bonds. The average molecular weight is 243 g/mol. The molecule has 0 saturated carbocycles. The maximum Gasteiger partial charge on any atom is 0.270 e. The van der Waals surface area contributed by atoms with E-state index in [4.69, 9.17) is 4.74 Å². The minimum absolute atomic E-state index is 0.00328. The number of non-ortho nitro benzene ring substituents is 1.